The number of hydrogen-bond acceptors (Lipinski definition) is 6. The molecule has 0 spiro atoms. The number of imide groups is 1. The SMILES string of the molecule is COc1ccc(N2CC[NH+]([C@@H](C)C(=O)NCCN3C(=O)CSC3=O)CC2)cc1. The van der Waals surface area contributed by atoms with Crippen molar-refractivity contribution in [1.29, 1.82) is 0 Å². The normalized spacial score (nSPS) is 19.1. The van der Waals surface area contributed by atoms with Crippen LogP contribution in [-0.4, -0.2) is 80.1 Å². The smallest absolute Gasteiger partial charge is 0.288 e. The first kappa shape index (κ1) is 20.5. The van der Waals surface area contributed by atoms with E-state index in [1.165, 1.54) is 9.80 Å². The van der Waals surface area contributed by atoms with Gasteiger partial charge in [0.2, 0.25) is 5.91 Å². The average molecular weight is 408 g/mol. The van der Waals surface area contributed by atoms with Gasteiger partial charge in [0.05, 0.1) is 39.0 Å². The molecule has 3 amide bonds. The molecule has 1 aromatic carbocycles. The molecule has 0 unspecified atom stereocenters. The van der Waals surface area contributed by atoms with Crippen LogP contribution in [0.5, 0.6) is 5.75 Å². The highest BCUT2D eigenvalue weighted by Crippen LogP contribution is 2.19. The van der Waals surface area contributed by atoms with E-state index in [9.17, 15) is 14.4 Å². The van der Waals surface area contributed by atoms with Gasteiger partial charge in [-0.3, -0.25) is 19.3 Å². The van der Waals surface area contributed by atoms with E-state index in [-0.39, 0.29) is 35.4 Å². The zero-order valence-electron chi connectivity index (χ0n) is 16.3. The Bertz CT molecular complexity index is 703. The summed E-state index contributed by atoms with van der Waals surface area (Å²) >= 11 is 1.01. The second-order valence-electron chi connectivity index (χ2n) is 6.96. The van der Waals surface area contributed by atoms with E-state index in [0.29, 0.717) is 6.54 Å². The zero-order chi connectivity index (χ0) is 20.1. The molecule has 9 heteroatoms. The first-order chi connectivity index (χ1) is 13.5. The van der Waals surface area contributed by atoms with Gasteiger partial charge in [-0.1, -0.05) is 11.8 Å². The minimum absolute atomic E-state index is 0.0420. The monoisotopic (exact) mass is 407 g/mol. The lowest BCUT2D eigenvalue weighted by Crippen LogP contribution is -3.19. The largest absolute Gasteiger partial charge is 0.497 e. The highest BCUT2D eigenvalue weighted by molar-refractivity contribution is 8.14. The van der Waals surface area contributed by atoms with Crippen molar-refractivity contribution in [1.82, 2.24) is 10.2 Å². The third-order valence-corrected chi connectivity index (χ3v) is 6.18. The number of quaternary nitrogens is 1. The number of carbonyl (C=O) groups excluding carboxylic acids is 3. The number of rotatable bonds is 7. The average Bonchev–Trinajstić information content (AvgIpc) is 3.05. The predicted octanol–water partition coefficient (Wildman–Crippen LogP) is -0.400. The fourth-order valence-corrected chi connectivity index (χ4v) is 4.26. The fourth-order valence-electron chi connectivity index (χ4n) is 3.50. The third-order valence-electron chi connectivity index (χ3n) is 5.32. The number of piperazine rings is 1. The number of carbonyl (C=O) groups is 3. The lowest BCUT2D eigenvalue weighted by Gasteiger charge is -2.36. The van der Waals surface area contributed by atoms with Gasteiger partial charge >= 0.3 is 0 Å². The molecule has 8 nitrogen and oxygen atoms in total. The van der Waals surface area contributed by atoms with Crippen LogP contribution in [0.25, 0.3) is 0 Å². The third kappa shape index (κ3) is 4.77. The molecule has 0 bridgehead atoms. The number of thioether (sulfide) groups is 1. The Morgan fingerprint density at radius 2 is 1.93 bits per heavy atom. The van der Waals surface area contributed by atoms with Crippen LogP contribution in [0.4, 0.5) is 10.5 Å². The number of hydrogen-bond donors (Lipinski definition) is 2. The van der Waals surface area contributed by atoms with Gasteiger partial charge in [0.15, 0.2) is 6.04 Å². The molecule has 0 aliphatic carbocycles. The van der Waals surface area contributed by atoms with Gasteiger partial charge in [-0.25, -0.2) is 0 Å². The van der Waals surface area contributed by atoms with E-state index in [0.717, 1.165) is 49.4 Å². The standard InChI is InChI=1S/C19H26N4O4S/c1-14(18(25)20-7-8-23-17(24)13-28-19(23)26)21-9-11-22(12-10-21)15-3-5-16(27-2)6-4-15/h3-6,14H,7-13H2,1-2H3,(H,20,25)/p+1/t14-/m0/s1. The second kappa shape index (κ2) is 9.29. The van der Waals surface area contributed by atoms with Crippen molar-refractivity contribution in [2.45, 2.75) is 13.0 Å². The lowest BCUT2D eigenvalue weighted by molar-refractivity contribution is -0.914. The molecule has 2 aliphatic heterocycles. The van der Waals surface area contributed by atoms with Crippen LogP contribution in [0, 0.1) is 0 Å². The Labute approximate surface area is 169 Å². The van der Waals surface area contributed by atoms with E-state index < -0.39 is 0 Å². The number of methoxy groups -OCH3 is 1. The number of ether oxygens (including phenoxy) is 1. The maximum absolute atomic E-state index is 12.4. The molecule has 2 N–H and O–H groups in total. The second-order valence-corrected chi connectivity index (χ2v) is 7.88. The molecule has 3 rings (SSSR count). The van der Waals surface area contributed by atoms with Crippen molar-refractivity contribution in [2.24, 2.45) is 0 Å². The topological polar surface area (TPSA) is 83.4 Å². The first-order valence-electron chi connectivity index (χ1n) is 9.48. The molecule has 2 saturated heterocycles. The molecular formula is C19H27N4O4S+. The number of anilines is 1. The van der Waals surface area contributed by atoms with Gasteiger partial charge < -0.3 is 19.9 Å². The minimum Gasteiger partial charge on any atom is -0.497 e. The molecule has 152 valence electrons. The summed E-state index contributed by atoms with van der Waals surface area (Å²) in [7, 11) is 1.66. The van der Waals surface area contributed by atoms with E-state index in [2.05, 4.69) is 22.3 Å². The number of benzene rings is 1. The van der Waals surface area contributed by atoms with Crippen molar-refractivity contribution in [2.75, 3.05) is 57.0 Å². The van der Waals surface area contributed by atoms with Gasteiger partial charge in [0.1, 0.15) is 5.75 Å². The lowest BCUT2D eigenvalue weighted by atomic mass is 10.2. The first-order valence-corrected chi connectivity index (χ1v) is 10.5. The summed E-state index contributed by atoms with van der Waals surface area (Å²) in [5, 5.41) is 2.63. The molecular weight excluding hydrogens is 380 g/mol. The molecule has 0 aromatic heterocycles. The van der Waals surface area contributed by atoms with Crippen molar-refractivity contribution in [3.8, 4) is 5.75 Å². The van der Waals surface area contributed by atoms with Gasteiger partial charge in [0, 0.05) is 18.8 Å². The fraction of sp³-hybridized carbons (Fsp3) is 0.526. The Balaban J connectivity index is 1.42. The highest BCUT2D eigenvalue weighted by atomic mass is 32.2. The Morgan fingerprint density at radius 1 is 1.25 bits per heavy atom. The van der Waals surface area contributed by atoms with Gasteiger partial charge in [-0.05, 0) is 31.2 Å². The minimum atomic E-state index is -0.229. The van der Waals surface area contributed by atoms with Crippen molar-refractivity contribution in [3.63, 3.8) is 0 Å². The van der Waals surface area contributed by atoms with Crippen LogP contribution >= 0.6 is 11.8 Å². The van der Waals surface area contributed by atoms with Crippen molar-refractivity contribution in [3.05, 3.63) is 24.3 Å². The van der Waals surface area contributed by atoms with Crippen LogP contribution in [-0.2, 0) is 9.59 Å². The number of nitrogens with zero attached hydrogens (tertiary/aromatic N) is 2. The van der Waals surface area contributed by atoms with Crippen LogP contribution in [0.3, 0.4) is 0 Å². The summed E-state index contributed by atoms with van der Waals surface area (Å²) in [6, 6.07) is 7.86. The summed E-state index contributed by atoms with van der Waals surface area (Å²) in [6.45, 7) is 5.98. The van der Waals surface area contributed by atoms with Crippen LogP contribution in [0.1, 0.15) is 6.92 Å². The Morgan fingerprint density at radius 3 is 2.50 bits per heavy atom. The highest BCUT2D eigenvalue weighted by Gasteiger charge is 2.31. The van der Waals surface area contributed by atoms with E-state index in [4.69, 9.17) is 4.74 Å². The molecule has 28 heavy (non-hydrogen) atoms. The Kier molecular flexibility index (Phi) is 6.79. The van der Waals surface area contributed by atoms with Gasteiger partial charge in [-0.15, -0.1) is 0 Å². The summed E-state index contributed by atoms with van der Waals surface area (Å²) in [5.41, 5.74) is 1.16. The Hall–Kier alpha value is -2.26. The number of nitrogens with one attached hydrogen (secondary N) is 2. The van der Waals surface area contributed by atoms with Crippen molar-refractivity contribution >= 4 is 34.5 Å². The van der Waals surface area contributed by atoms with E-state index in [1.54, 1.807) is 7.11 Å². The summed E-state index contributed by atoms with van der Waals surface area (Å²) in [5.74, 6) is 0.817. The zero-order valence-corrected chi connectivity index (χ0v) is 17.1. The molecule has 1 atom stereocenters. The quantitative estimate of drug-likeness (QED) is 0.640. The molecule has 0 saturated carbocycles. The van der Waals surface area contributed by atoms with Crippen LogP contribution < -0.4 is 19.9 Å². The summed E-state index contributed by atoms with van der Waals surface area (Å²) in [4.78, 5) is 40.4. The molecule has 0 radical (unpaired) electrons. The molecule has 2 fully saturated rings. The predicted molar refractivity (Wildman–Crippen MR) is 108 cm³/mol. The van der Waals surface area contributed by atoms with E-state index in [1.807, 2.05) is 19.1 Å². The van der Waals surface area contributed by atoms with Gasteiger partial charge in [0.25, 0.3) is 11.1 Å². The van der Waals surface area contributed by atoms with E-state index >= 15 is 0 Å². The maximum atomic E-state index is 12.4. The van der Waals surface area contributed by atoms with Crippen LogP contribution in [0.2, 0.25) is 0 Å². The molecule has 2 aliphatic rings. The van der Waals surface area contributed by atoms with Crippen LogP contribution in [0.15, 0.2) is 24.3 Å². The summed E-state index contributed by atoms with van der Waals surface area (Å²) < 4.78 is 5.20. The molecule has 2 heterocycles. The van der Waals surface area contributed by atoms with Gasteiger partial charge in [-0.2, -0.15) is 0 Å². The molecule has 1 aromatic rings. The number of amides is 3. The maximum Gasteiger partial charge on any atom is 0.288 e. The summed E-state index contributed by atoms with van der Waals surface area (Å²) in [6.07, 6.45) is 0. The van der Waals surface area contributed by atoms with Crippen molar-refractivity contribution < 1.29 is 24.0 Å².